The molecule has 0 aliphatic rings. The number of amides is 1. The van der Waals surface area contributed by atoms with Gasteiger partial charge in [0.25, 0.3) is 5.91 Å². The highest BCUT2D eigenvalue weighted by molar-refractivity contribution is 7.07. The van der Waals surface area contributed by atoms with Crippen LogP contribution in [-0.4, -0.2) is 17.4 Å². The standard InChI is InChI=1S/C14H17N3OS/c1-3-15-13-6-4-5-12(17-13)14(18)16-10(2)11-7-8-19-9-11/h4-10H,3H2,1-2H3,(H,15,17)(H,16,18). The van der Waals surface area contributed by atoms with Crippen LogP contribution in [0.15, 0.2) is 35.0 Å². The summed E-state index contributed by atoms with van der Waals surface area (Å²) in [6.07, 6.45) is 0. The Hall–Kier alpha value is -1.88. The highest BCUT2D eigenvalue weighted by atomic mass is 32.1. The van der Waals surface area contributed by atoms with Gasteiger partial charge in [-0.2, -0.15) is 11.3 Å². The van der Waals surface area contributed by atoms with E-state index in [-0.39, 0.29) is 11.9 Å². The highest BCUT2D eigenvalue weighted by Crippen LogP contribution is 2.16. The third-order valence-corrected chi connectivity index (χ3v) is 3.43. The summed E-state index contributed by atoms with van der Waals surface area (Å²) >= 11 is 1.62. The molecule has 19 heavy (non-hydrogen) atoms. The van der Waals surface area contributed by atoms with Gasteiger partial charge in [0, 0.05) is 6.54 Å². The van der Waals surface area contributed by atoms with Crippen molar-refractivity contribution in [1.29, 1.82) is 0 Å². The minimum absolute atomic E-state index is 0.0108. The molecule has 0 spiro atoms. The molecule has 1 atom stereocenters. The Labute approximate surface area is 116 Å². The van der Waals surface area contributed by atoms with Gasteiger partial charge in [0.15, 0.2) is 0 Å². The smallest absolute Gasteiger partial charge is 0.270 e. The molecule has 0 fully saturated rings. The maximum atomic E-state index is 12.1. The summed E-state index contributed by atoms with van der Waals surface area (Å²) in [6, 6.07) is 7.40. The summed E-state index contributed by atoms with van der Waals surface area (Å²) < 4.78 is 0. The normalized spacial score (nSPS) is 11.9. The molecule has 1 amide bonds. The lowest BCUT2D eigenvalue weighted by molar-refractivity contribution is 0.0935. The fourth-order valence-corrected chi connectivity index (χ4v) is 2.47. The van der Waals surface area contributed by atoms with Gasteiger partial charge >= 0.3 is 0 Å². The monoisotopic (exact) mass is 275 g/mol. The number of carbonyl (C=O) groups excluding carboxylic acids is 1. The summed E-state index contributed by atoms with van der Waals surface area (Å²) in [5.74, 6) is 0.566. The van der Waals surface area contributed by atoms with E-state index in [1.807, 2.05) is 42.8 Å². The molecule has 2 rings (SSSR count). The number of thiophene rings is 1. The van der Waals surface area contributed by atoms with Crippen LogP contribution in [0.1, 0.15) is 35.9 Å². The van der Waals surface area contributed by atoms with Crippen molar-refractivity contribution in [1.82, 2.24) is 10.3 Å². The average Bonchev–Trinajstić information content (AvgIpc) is 2.93. The maximum Gasteiger partial charge on any atom is 0.270 e. The maximum absolute atomic E-state index is 12.1. The quantitative estimate of drug-likeness (QED) is 0.881. The van der Waals surface area contributed by atoms with Crippen molar-refractivity contribution in [2.75, 3.05) is 11.9 Å². The van der Waals surface area contributed by atoms with Crippen LogP contribution in [-0.2, 0) is 0 Å². The van der Waals surface area contributed by atoms with Gasteiger partial charge in [-0.1, -0.05) is 6.07 Å². The molecular formula is C14H17N3OS. The Morgan fingerprint density at radius 3 is 2.95 bits per heavy atom. The van der Waals surface area contributed by atoms with Crippen molar-refractivity contribution in [3.8, 4) is 0 Å². The molecule has 0 radical (unpaired) electrons. The zero-order valence-electron chi connectivity index (χ0n) is 11.0. The van der Waals surface area contributed by atoms with E-state index in [1.165, 1.54) is 0 Å². The summed E-state index contributed by atoms with van der Waals surface area (Å²) in [7, 11) is 0. The van der Waals surface area contributed by atoms with Gasteiger partial charge in [0.1, 0.15) is 11.5 Å². The summed E-state index contributed by atoms with van der Waals surface area (Å²) in [5.41, 5.74) is 1.54. The number of hydrogen-bond donors (Lipinski definition) is 2. The number of pyridine rings is 1. The first-order chi connectivity index (χ1) is 9.20. The third-order valence-electron chi connectivity index (χ3n) is 2.73. The van der Waals surface area contributed by atoms with Gasteiger partial charge in [0.05, 0.1) is 6.04 Å². The number of nitrogens with zero attached hydrogens (tertiary/aromatic N) is 1. The van der Waals surface area contributed by atoms with Gasteiger partial charge in [0.2, 0.25) is 0 Å². The summed E-state index contributed by atoms with van der Waals surface area (Å²) in [6.45, 7) is 4.74. The highest BCUT2D eigenvalue weighted by Gasteiger charge is 2.13. The van der Waals surface area contributed by atoms with E-state index in [9.17, 15) is 4.79 Å². The second-order valence-corrected chi connectivity index (χ2v) is 4.97. The molecule has 0 saturated heterocycles. The minimum Gasteiger partial charge on any atom is -0.370 e. The van der Waals surface area contributed by atoms with Gasteiger partial charge in [-0.05, 0) is 48.4 Å². The number of hydrogen-bond acceptors (Lipinski definition) is 4. The van der Waals surface area contributed by atoms with Crippen molar-refractivity contribution >= 4 is 23.1 Å². The second kappa shape index (κ2) is 6.33. The molecule has 2 aromatic rings. The lowest BCUT2D eigenvalue weighted by Gasteiger charge is -2.12. The van der Waals surface area contributed by atoms with Gasteiger partial charge < -0.3 is 10.6 Å². The lowest BCUT2D eigenvalue weighted by atomic mass is 10.2. The second-order valence-electron chi connectivity index (χ2n) is 4.19. The Balaban J connectivity index is 2.05. The molecule has 0 aliphatic heterocycles. The first kappa shape index (κ1) is 13.5. The van der Waals surface area contributed by atoms with E-state index in [4.69, 9.17) is 0 Å². The summed E-state index contributed by atoms with van der Waals surface area (Å²) in [5, 5.41) is 10.1. The Bertz CT molecular complexity index is 539. The zero-order valence-corrected chi connectivity index (χ0v) is 11.8. The fourth-order valence-electron chi connectivity index (χ4n) is 1.72. The fraction of sp³-hybridized carbons (Fsp3) is 0.286. The van der Waals surface area contributed by atoms with Crippen LogP contribution < -0.4 is 10.6 Å². The van der Waals surface area contributed by atoms with E-state index in [2.05, 4.69) is 15.6 Å². The number of rotatable bonds is 5. The number of nitrogens with one attached hydrogen (secondary N) is 2. The molecule has 0 saturated carbocycles. The number of anilines is 1. The predicted octanol–water partition coefficient (Wildman–Crippen LogP) is 3.07. The molecule has 2 aromatic heterocycles. The molecule has 0 aliphatic carbocycles. The first-order valence-corrected chi connectivity index (χ1v) is 7.19. The molecule has 4 nitrogen and oxygen atoms in total. The zero-order chi connectivity index (χ0) is 13.7. The van der Waals surface area contributed by atoms with E-state index in [0.29, 0.717) is 5.69 Å². The van der Waals surface area contributed by atoms with Crippen molar-refractivity contribution in [3.05, 3.63) is 46.3 Å². The van der Waals surface area contributed by atoms with E-state index in [1.54, 1.807) is 17.4 Å². The molecule has 1 unspecified atom stereocenters. The van der Waals surface area contributed by atoms with E-state index >= 15 is 0 Å². The van der Waals surface area contributed by atoms with Crippen molar-refractivity contribution < 1.29 is 4.79 Å². The predicted molar refractivity (Wildman–Crippen MR) is 78.6 cm³/mol. The van der Waals surface area contributed by atoms with Crippen LogP contribution in [0.25, 0.3) is 0 Å². The van der Waals surface area contributed by atoms with Crippen LogP contribution in [0.4, 0.5) is 5.82 Å². The lowest BCUT2D eigenvalue weighted by Crippen LogP contribution is -2.27. The van der Waals surface area contributed by atoms with Crippen LogP contribution in [0.3, 0.4) is 0 Å². The Kier molecular flexibility index (Phi) is 4.52. The van der Waals surface area contributed by atoms with Crippen molar-refractivity contribution in [2.45, 2.75) is 19.9 Å². The molecule has 5 heteroatoms. The van der Waals surface area contributed by atoms with Crippen LogP contribution in [0.2, 0.25) is 0 Å². The minimum atomic E-state index is -0.154. The third kappa shape index (κ3) is 3.54. The largest absolute Gasteiger partial charge is 0.370 e. The topological polar surface area (TPSA) is 54.0 Å². The number of aromatic nitrogens is 1. The average molecular weight is 275 g/mol. The van der Waals surface area contributed by atoms with Crippen molar-refractivity contribution in [3.63, 3.8) is 0 Å². The van der Waals surface area contributed by atoms with Crippen molar-refractivity contribution in [2.24, 2.45) is 0 Å². The molecule has 100 valence electrons. The van der Waals surface area contributed by atoms with Gasteiger partial charge in [-0.25, -0.2) is 4.98 Å². The SMILES string of the molecule is CCNc1cccc(C(=O)NC(C)c2ccsc2)n1. The molecular weight excluding hydrogens is 258 g/mol. The van der Waals surface area contributed by atoms with Crippen LogP contribution in [0.5, 0.6) is 0 Å². The Morgan fingerprint density at radius 1 is 1.42 bits per heavy atom. The molecule has 0 bridgehead atoms. The van der Waals surface area contributed by atoms with Gasteiger partial charge in [-0.3, -0.25) is 4.79 Å². The summed E-state index contributed by atoms with van der Waals surface area (Å²) in [4.78, 5) is 16.4. The number of carbonyl (C=O) groups is 1. The Morgan fingerprint density at radius 2 is 2.26 bits per heavy atom. The van der Waals surface area contributed by atoms with E-state index < -0.39 is 0 Å². The first-order valence-electron chi connectivity index (χ1n) is 6.24. The van der Waals surface area contributed by atoms with E-state index in [0.717, 1.165) is 17.9 Å². The molecule has 0 aromatic carbocycles. The van der Waals surface area contributed by atoms with Gasteiger partial charge in [-0.15, -0.1) is 0 Å². The van der Waals surface area contributed by atoms with Crippen LogP contribution >= 0.6 is 11.3 Å². The molecule has 2 heterocycles. The van der Waals surface area contributed by atoms with Crippen LogP contribution in [0, 0.1) is 0 Å². The molecule has 2 N–H and O–H groups in total.